The van der Waals surface area contributed by atoms with Gasteiger partial charge in [0, 0.05) is 17.5 Å². The normalized spacial score (nSPS) is 17.5. The summed E-state index contributed by atoms with van der Waals surface area (Å²) < 4.78 is 0. The summed E-state index contributed by atoms with van der Waals surface area (Å²) >= 11 is 0. The molecule has 1 aliphatic heterocycles. The maximum absolute atomic E-state index is 5.64. The summed E-state index contributed by atoms with van der Waals surface area (Å²) in [7, 11) is 0. The van der Waals surface area contributed by atoms with Crippen molar-refractivity contribution in [1.29, 1.82) is 0 Å². The molecule has 0 radical (unpaired) electrons. The van der Waals surface area contributed by atoms with E-state index in [1.165, 1.54) is 77.0 Å². The molecule has 0 fully saturated rings. The predicted molar refractivity (Wildman–Crippen MR) is 218 cm³/mol. The SMILES string of the molecule is C=C1C(c2ccccc2)C(CC)C(c2ccccc2)=N[C@@H]1c1ccccc1-c1ccccc1-c1ccc2c3ccccc3c3ccccc3c2c1. The summed E-state index contributed by atoms with van der Waals surface area (Å²) in [5.41, 5.74) is 10.8. The van der Waals surface area contributed by atoms with Gasteiger partial charge in [-0.3, -0.25) is 4.99 Å². The molecule has 51 heavy (non-hydrogen) atoms. The van der Waals surface area contributed by atoms with Crippen LogP contribution in [0.2, 0.25) is 0 Å². The lowest BCUT2D eigenvalue weighted by Crippen LogP contribution is -2.31. The van der Waals surface area contributed by atoms with Gasteiger partial charge in [0.2, 0.25) is 0 Å². The van der Waals surface area contributed by atoms with Crippen molar-refractivity contribution >= 4 is 38.0 Å². The maximum atomic E-state index is 5.64. The lowest BCUT2D eigenvalue weighted by atomic mass is 9.70. The monoisotopic (exact) mass is 653 g/mol. The highest BCUT2D eigenvalue weighted by molar-refractivity contribution is 6.25. The third kappa shape index (κ3) is 5.29. The van der Waals surface area contributed by atoms with Crippen LogP contribution in [0.3, 0.4) is 0 Å². The van der Waals surface area contributed by atoms with E-state index in [0.29, 0.717) is 0 Å². The first-order valence-corrected chi connectivity index (χ1v) is 18.1. The summed E-state index contributed by atoms with van der Waals surface area (Å²) in [5.74, 6) is 0.391. The van der Waals surface area contributed by atoms with E-state index in [0.717, 1.165) is 12.0 Å². The van der Waals surface area contributed by atoms with Crippen molar-refractivity contribution in [3.63, 3.8) is 0 Å². The highest BCUT2D eigenvalue weighted by Gasteiger charge is 2.38. The second-order valence-corrected chi connectivity index (χ2v) is 13.7. The number of aliphatic imine (C=N–C) groups is 1. The standard InChI is InChI=1S/C50H39N/c1-3-37-48(34-18-6-4-7-19-34)33(2)49(51-50(37)35-20-8-5-9-21-35)46-29-17-16-27-43(46)39-23-11-10-22-38(39)36-30-31-45-42-26-13-12-24-40(42)41-25-14-15-28-44(41)47(45)32-36/h4-32,37,48-49H,2-3H2,1H3/t37?,48?,49-/m0/s1. The highest BCUT2D eigenvalue weighted by Crippen LogP contribution is 2.49. The number of fused-ring (bicyclic) bond motifs is 6. The minimum atomic E-state index is -0.190. The number of benzene rings is 8. The average molecular weight is 654 g/mol. The van der Waals surface area contributed by atoms with Crippen LogP contribution in [-0.4, -0.2) is 5.71 Å². The van der Waals surface area contributed by atoms with Crippen LogP contribution in [-0.2, 0) is 0 Å². The van der Waals surface area contributed by atoms with E-state index in [1.54, 1.807) is 0 Å². The Balaban J connectivity index is 1.23. The fraction of sp³-hybridized carbons (Fsp3) is 0.100. The molecule has 9 rings (SSSR count). The van der Waals surface area contributed by atoms with Crippen molar-refractivity contribution in [2.75, 3.05) is 0 Å². The fourth-order valence-corrected chi connectivity index (χ4v) is 8.63. The smallest absolute Gasteiger partial charge is 0.0972 e. The van der Waals surface area contributed by atoms with Crippen LogP contribution in [0, 0.1) is 5.92 Å². The topological polar surface area (TPSA) is 12.4 Å². The second kappa shape index (κ2) is 13.0. The molecule has 2 unspecified atom stereocenters. The molecule has 8 aromatic rings. The molecule has 0 saturated carbocycles. The molecule has 0 N–H and O–H groups in total. The van der Waals surface area contributed by atoms with E-state index in [2.05, 4.69) is 183 Å². The van der Waals surface area contributed by atoms with Crippen LogP contribution in [0.25, 0.3) is 54.6 Å². The summed E-state index contributed by atoms with van der Waals surface area (Å²) in [6.07, 6.45) is 0.982. The first kappa shape index (κ1) is 31.0. The Morgan fingerprint density at radius 1 is 0.471 bits per heavy atom. The van der Waals surface area contributed by atoms with Crippen LogP contribution >= 0.6 is 0 Å². The lowest BCUT2D eigenvalue weighted by molar-refractivity contribution is 0.521. The second-order valence-electron chi connectivity index (χ2n) is 13.7. The predicted octanol–water partition coefficient (Wildman–Crippen LogP) is 13.4. The van der Waals surface area contributed by atoms with Crippen LogP contribution < -0.4 is 0 Å². The van der Waals surface area contributed by atoms with Gasteiger partial charge < -0.3 is 0 Å². The fourth-order valence-electron chi connectivity index (χ4n) is 8.63. The molecule has 8 aromatic carbocycles. The first-order chi connectivity index (χ1) is 25.2. The molecular formula is C50H39N. The van der Waals surface area contributed by atoms with E-state index >= 15 is 0 Å². The van der Waals surface area contributed by atoms with Crippen LogP contribution in [0.5, 0.6) is 0 Å². The van der Waals surface area contributed by atoms with Gasteiger partial charge in [-0.25, -0.2) is 0 Å². The Kier molecular flexibility index (Phi) is 7.90. The zero-order valence-corrected chi connectivity index (χ0v) is 28.8. The van der Waals surface area contributed by atoms with Crippen LogP contribution in [0.15, 0.2) is 193 Å². The van der Waals surface area contributed by atoms with Gasteiger partial charge in [0.05, 0.1) is 6.04 Å². The Morgan fingerprint density at radius 3 is 1.63 bits per heavy atom. The zero-order valence-electron chi connectivity index (χ0n) is 28.8. The first-order valence-electron chi connectivity index (χ1n) is 18.1. The Hall–Kier alpha value is -6.05. The average Bonchev–Trinajstić information content (AvgIpc) is 3.21. The van der Waals surface area contributed by atoms with E-state index in [-0.39, 0.29) is 17.9 Å². The van der Waals surface area contributed by atoms with Crippen molar-refractivity contribution in [2.45, 2.75) is 25.3 Å². The lowest BCUT2D eigenvalue weighted by Gasteiger charge is -2.38. The molecule has 0 aliphatic carbocycles. The summed E-state index contributed by atoms with van der Waals surface area (Å²) in [6.45, 7) is 7.14. The van der Waals surface area contributed by atoms with Crippen molar-refractivity contribution in [3.8, 4) is 22.3 Å². The maximum Gasteiger partial charge on any atom is 0.0972 e. The van der Waals surface area contributed by atoms with Gasteiger partial charge in [-0.15, -0.1) is 0 Å². The van der Waals surface area contributed by atoms with Crippen molar-refractivity contribution in [2.24, 2.45) is 10.9 Å². The van der Waals surface area contributed by atoms with Crippen LogP contribution in [0.4, 0.5) is 0 Å². The summed E-state index contributed by atoms with van der Waals surface area (Å²) in [6, 6.07) is 63.8. The molecule has 1 nitrogen and oxygen atoms in total. The zero-order chi connectivity index (χ0) is 34.3. The van der Waals surface area contributed by atoms with Gasteiger partial charge in [-0.2, -0.15) is 0 Å². The Bertz CT molecular complexity index is 2560. The summed E-state index contributed by atoms with van der Waals surface area (Å²) in [5, 5.41) is 7.72. The van der Waals surface area contributed by atoms with Crippen molar-refractivity contribution in [3.05, 3.63) is 205 Å². The van der Waals surface area contributed by atoms with E-state index in [4.69, 9.17) is 11.6 Å². The number of rotatable bonds is 6. The Morgan fingerprint density at radius 2 is 0.980 bits per heavy atom. The molecule has 3 atom stereocenters. The molecular weight excluding hydrogens is 615 g/mol. The van der Waals surface area contributed by atoms with E-state index < -0.39 is 0 Å². The van der Waals surface area contributed by atoms with Crippen molar-refractivity contribution in [1.82, 2.24) is 0 Å². The van der Waals surface area contributed by atoms with Gasteiger partial charge in [0.25, 0.3) is 0 Å². The molecule has 244 valence electrons. The third-order valence-electron chi connectivity index (χ3n) is 11.0. The van der Waals surface area contributed by atoms with E-state index in [9.17, 15) is 0 Å². The molecule has 1 heteroatoms. The molecule has 0 saturated heterocycles. The minimum absolute atomic E-state index is 0.154. The molecule has 0 spiro atoms. The summed E-state index contributed by atoms with van der Waals surface area (Å²) in [4.78, 5) is 5.64. The molecule has 0 aromatic heterocycles. The van der Waals surface area contributed by atoms with Gasteiger partial charge >= 0.3 is 0 Å². The van der Waals surface area contributed by atoms with E-state index in [1.807, 2.05) is 0 Å². The van der Waals surface area contributed by atoms with Gasteiger partial charge in [0.1, 0.15) is 0 Å². The number of hydrogen-bond acceptors (Lipinski definition) is 1. The number of nitrogens with zero attached hydrogens (tertiary/aromatic N) is 1. The molecule has 1 aliphatic rings. The van der Waals surface area contributed by atoms with Gasteiger partial charge in [-0.05, 0) is 89.3 Å². The molecule has 0 bridgehead atoms. The minimum Gasteiger partial charge on any atom is -0.276 e. The molecule has 0 amide bonds. The quantitative estimate of drug-likeness (QED) is 0.125. The van der Waals surface area contributed by atoms with Gasteiger partial charge in [-0.1, -0.05) is 183 Å². The number of hydrogen-bond donors (Lipinski definition) is 0. The highest BCUT2D eigenvalue weighted by atomic mass is 14.8. The van der Waals surface area contributed by atoms with Gasteiger partial charge in [0.15, 0.2) is 0 Å². The largest absolute Gasteiger partial charge is 0.276 e. The molecule has 1 heterocycles. The van der Waals surface area contributed by atoms with Crippen molar-refractivity contribution < 1.29 is 0 Å². The third-order valence-corrected chi connectivity index (χ3v) is 11.0. The Labute approximate surface area is 300 Å². The van der Waals surface area contributed by atoms with Crippen LogP contribution in [0.1, 0.15) is 42.0 Å².